The van der Waals surface area contributed by atoms with Gasteiger partial charge in [0.1, 0.15) is 5.82 Å². The Labute approximate surface area is 126 Å². The number of anilines is 1. The predicted octanol–water partition coefficient (Wildman–Crippen LogP) is 1.58. The fraction of sp³-hybridized carbons (Fsp3) is 0.500. The number of nitrogens with two attached hydrogens (primary N) is 1. The number of nitrogens with zero attached hydrogens (tertiary/aromatic N) is 3. The lowest BCUT2D eigenvalue weighted by atomic mass is 10.2. The molecule has 6 heteroatoms. The van der Waals surface area contributed by atoms with Gasteiger partial charge < -0.3 is 16.0 Å². The van der Waals surface area contributed by atoms with Gasteiger partial charge in [0.2, 0.25) is 0 Å². The molecule has 0 atom stereocenters. The molecule has 0 saturated heterocycles. The van der Waals surface area contributed by atoms with Crippen molar-refractivity contribution < 1.29 is 0 Å². The van der Waals surface area contributed by atoms with E-state index in [0.29, 0.717) is 18.5 Å². The number of hydrogen-bond donors (Lipinski definition) is 2. The average Bonchev–Trinajstić information content (AvgIpc) is 2.26. The quantitative estimate of drug-likeness (QED) is 0.484. The van der Waals surface area contributed by atoms with Crippen molar-refractivity contribution in [3.63, 3.8) is 0 Å². The van der Waals surface area contributed by atoms with Crippen LogP contribution < -0.4 is 16.0 Å². The second-order valence-corrected chi connectivity index (χ2v) is 4.42. The SMILES string of the molecule is CC(C)NC(N)=NCc1ccnc(N(C)C)c1.I. The average molecular weight is 363 g/mol. The zero-order valence-corrected chi connectivity index (χ0v) is 13.7. The molecule has 18 heavy (non-hydrogen) atoms. The van der Waals surface area contributed by atoms with E-state index in [4.69, 9.17) is 5.73 Å². The summed E-state index contributed by atoms with van der Waals surface area (Å²) in [5, 5.41) is 3.05. The molecule has 0 fully saturated rings. The van der Waals surface area contributed by atoms with E-state index >= 15 is 0 Å². The molecule has 0 aliphatic heterocycles. The first kappa shape index (κ1) is 16.9. The summed E-state index contributed by atoms with van der Waals surface area (Å²) in [5.74, 6) is 1.40. The Morgan fingerprint density at radius 2 is 2.17 bits per heavy atom. The maximum atomic E-state index is 5.73. The first-order valence-electron chi connectivity index (χ1n) is 5.67. The number of aliphatic imine (C=N–C) groups is 1. The second kappa shape index (κ2) is 8.12. The van der Waals surface area contributed by atoms with Crippen LogP contribution in [0.3, 0.4) is 0 Å². The molecule has 5 nitrogen and oxygen atoms in total. The van der Waals surface area contributed by atoms with Crippen LogP contribution in [0.2, 0.25) is 0 Å². The van der Waals surface area contributed by atoms with Gasteiger partial charge >= 0.3 is 0 Å². The van der Waals surface area contributed by atoms with Gasteiger partial charge in [0.05, 0.1) is 6.54 Å². The first-order chi connectivity index (χ1) is 7.99. The lowest BCUT2D eigenvalue weighted by Crippen LogP contribution is -2.36. The number of halogens is 1. The predicted molar refractivity (Wildman–Crippen MR) is 87.6 cm³/mol. The van der Waals surface area contributed by atoms with E-state index in [9.17, 15) is 0 Å². The van der Waals surface area contributed by atoms with Crippen molar-refractivity contribution in [2.24, 2.45) is 10.7 Å². The Morgan fingerprint density at radius 1 is 1.50 bits per heavy atom. The fourth-order valence-corrected chi connectivity index (χ4v) is 1.32. The minimum Gasteiger partial charge on any atom is -0.370 e. The third-order valence-corrected chi connectivity index (χ3v) is 2.14. The highest BCUT2D eigenvalue weighted by Gasteiger charge is 1.99. The van der Waals surface area contributed by atoms with Gasteiger partial charge in [-0.3, -0.25) is 0 Å². The molecule has 0 spiro atoms. The van der Waals surface area contributed by atoms with Gasteiger partial charge in [0.25, 0.3) is 0 Å². The number of rotatable bonds is 4. The molecule has 0 radical (unpaired) electrons. The Balaban J connectivity index is 0.00000289. The maximum absolute atomic E-state index is 5.73. The highest BCUT2D eigenvalue weighted by atomic mass is 127. The summed E-state index contributed by atoms with van der Waals surface area (Å²) in [6.07, 6.45) is 1.78. The van der Waals surface area contributed by atoms with Gasteiger partial charge in [-0.15, -0.1) is 24.0 Å². The Bertz CT molecular complexity index is 390. The van der Waals surface area contributed by atoms with Crippen molar-refractivity contribution in [1.29, 1.82) is 0 Å². The zero-order chi connectivity index (χ0) is 12.8. The summed E-state index contributed by atoms with van der Waals surface area (Å²) in [5.41, 5.74) is 6.83. The normalized spacial score (nSPS) is 11.1. The highest BCUT2D eigenvalue weighted by molar-refractivity contribution is 14.0. The summed E-state index contributed by atoms with van der Waals surface area (Å²) in [7, 11) is 3.92. The molecule has 0 aliphatic rings. The standard InChI is InChI=1S/C12H21N5.HI/c1-9(2)16-12(13)15-8-10-5-6-14-11(7-10)17(3)4;/h5-7,9H,8H2,1-4H3,(H3,13,15,16);1H. The van der Waals surface area contributed by atoms with Crippen molar-refractivity contribution in [2.45, 2.75) is 26.4 Å². The molecule has 0 aromatic carbocycles. The minimum absolute atomic E-state index is 0. The Morgan fingerprint density at radius 3 is 2.72 bits per heavy atom. The third-order valence-electron chi connectivity index (χ3n) is 2.14. The van der Waals surface area contributed by atoms with Crippen molar-refractivity contribution in [1.82, 2.24) is 10.3 Å². The van der Waals surface area contributed by atoms with Crippen LogP contribution in [0.4, 0.5) is 5.82 Å². The van der Waals surface area contributed by atoms with Gasteiger partial charge in [-0.25, -0.2) is 9.98 Å². The van der Waals surface area contributed by atoms with Crippen LogP contribution in [0.1, 0.15) is 19.4 Å². The summed E-state index contributed by atoms with van der Waals surface area (Å²) in [6.45, 7) is 4.62. The molecule has 102 valence electrons. The van der Waals surface area contributed by atoms with Gasteiger partial charge in [-0.2, -0.15) is 0 Å². The molecule has 0 aliphatic carbocycles. The van der Waals surface area contributed by atoms with E-state index in [-0.39, 0.29) is 24.0 Å². The van der Waals surface area contributed by atoms with Crippen LogP contribution in [0.15, 0.2) is 23.3 Å². The van der Waals surface area contributed by atoms with E-state index in [2.05, 4.69) is 15.3 Å². The van der Waals surface area contributed by atoms with Crippen molar-refractivity contribution in [3.8, 4) is 0 Å². The minimum atomic E-state index is 0. The molecule has 1 aromatic heterocycles. The lowest BCUT2D eigenvalue weighted by Gasteiger charge is -2.12. The molecule has 0 bridgehead atoms. The highest BCUT2D eigenvalue weighted by Crippen LogP contribution is 2.10. The van der Waals surface area contributed by atoms with Gasteiger partial charge in [0.15, 0.2) is 5.96 Å². The first-order valence-corrected chi connectivity index (χ1v) is 5.67. The summed E-state index contributed by atoms with van der Waals surface area (Å²) in [4.78, 5) is 10.5. The van der Waals surface area contributed by atoms with Crippen molar-refractivity contribution in [3.05, 3.63) is 23.9 Å². The number of guanidine groups is 1. The Hall–Kier alpha value is -1.05. The monoisotopic (exact) mass is 363 g/mol. The number of aromatic nitrogens is 1. The van der Waals surface area contributed by atoms with E-state index in [0.717, 1.165) is 11.4 Å². The molecule has 0 unspecified atom stereocenters. The molecule has 3 N–H and O–H groups in total. The van der Waals surface area contributed by atoms with Crippen LogP contribution >= 0.6 is 24.0 Å². The third kappa shape index (κ3) is 6.04. The topological polar surface area (TPSA) is 66.5 Å². The maximum Gasteiger partial charge on any atom is 0.189 e. The summed E-state index contributed by atoms with van der Waals surface area (Å²) >= 11 is 0. The van der Waals surface area contributed by atoms with E-state index < -0.39 is 0 Å². The molecule has 1 rings (SSSR count). The second-order valence-electron chi connectivity index (χ2n) is 4.42. The van der Waals surface area contributed by atoms with Crippen LogP contribution in [0.25, 0.3) is 0 Å². The van der Waals surface area contributed by atoms with Crippen LogP contribution in [0.5, 0.6) is 0 Å². The van der Waals surface area contributed by atoms with Crippen LogP contribution in [-0.4, -0.2) is 31.1 Å². The molecular weight excluding hydrogens is 341 g/mol. The number of pyridine rings is 1. The number of nitrogens with one attached hydrogen (secondary N) is 1. The van der Waals surface area contributed by atoms with E-state index in [1.54, 1.807) is 6.20 Å². The lowest BCUT2D eigenvalue weighted by molar-refractivity contribution is 0.723. The smallest absolute Gasteiger partial charge is 0.189 e. The van der Waals surface area contributed by atoms with Crippen molar-refractivity contribution >= 4 is 35.8 Å². The van der Waals surface area contributed by atoms with E-state index in [1.165, 1.54) is 0 Å². The van der Waals surface area contributed by atoms with Gasteiger partial charge in [0, 0.05) is 26.3 Å². The van der Waals surface area contributed by atoms with Crippen molar-refractivity contribution in [2.75, 3.05) is 19.0 Å². The molecule has 0 amide bonds. The molecular formula is C12H22IN5. The Kier molecular flexibility index (Phi) is 7.65. The molecule has 1 aromatic rings. The van der Waals surface area contributed by atoms with Crippen LogP contribution in [0, 0.1) is 0 Å². The van der Waals surface area contributed by atoms with E-state index in [1.807, 2.05) is 45.0 Å². The fourth-order valence-electron chi connectivity index (χ4n) is 1.32. The summed E-state index contributed by atoms with van der Waals surface area (Å²) in [6, 6.07) is 4.25. The zero-order valence-electron chi connectivity index (χ0n) is 11.3. The van der Waals surface area contributed by atoms with Gasteiger partial charge in [-0.1, -0.05) is 0 Å². The largest absolute Gasteiger partial charge is 0.370 e. The summed E-state index contributed by atoms with van der Waals surface area (Å²) < 4.78 is 0. The number of hydrogen-bond acceptors (Lipinski definition) is 3. The molecule has 0 saturated carbocycles. The van der Waals surface area contributed by atoms with Crippen LogP contribution in [-0.2, 0) is 6.54 Å². The van der Waals surface area contributed by atoms with Gasteiger partial charge in [-0.05, 0) is 31.5 Å². The molecule has 1 heterocycles.